The Morgan fingerprint density at radius 2 is 1.86 bits per heavy atom. The molecule has 1 aliphatic rings. The molecular formula is C22H37N5O2. The zero-order valence-electron chi connectivity index (χ0n) is 18.5. The van der Waals surface area contributed by atoms with Crippen molar-refractivity contribution in [2.45, 2.75) is 58.5 Å². The van der Waals surface area contributed by atoms with Crippen LogP contribution in [-0.2, 0) is 9.53 Å². The van der Waals surface area contributed by atoms with E-state index in [2.05, 4.69) is 31.2 Å². The highest BCUT2D eigenvalue weighted by molar-refractivity contribution is 5.80. The lowest BCUT2D eigenvalue weighted by molar-refractivity contribution is -0.154. The summed E-state index contributed by atoms with van der Waals surface area (Å²) in [6.07, 6.45) is 6.45. The summed E-state index contributed by atoms with van der Waals surface area (Å²) in [7, 11) is 1.84. The molecule has 0 bridgehead atoms. The molecule has 1 N–H and O–H groups in total. The van der Waals surface area contributed by atoms with E-state index in [1.807, 2.05) is 46.1 Å². The predicted molar refractivity (Wildman–Crippen MR) is 118 cm³/mol. The van der Waals surface area contributed by atoms with Crippen molar-refractivity contribution >= 4 is 17.7 Å². The van der Waals surface area contributed by atoms with Gasteiger partial charge >= 0.3 is 5.97 Å². The lowest BCUT2D eigenvalue weighted by Crippen LogP contribution is -2.52. The van der Waals surface area contributed by atoms with E-state index in [4.69, 9.17) is 4.74 Å². The van der Waals surface area contributed by atoms with Crippen molar-refractivity contribution in [2.24, 2.45) is 4.99 Å². The molecule has 0 saturated carbocycles. The van der Waals surface area contributed by atoms with Gasteiger partial charge in [0.1, 0.15) is 11.4 Å². The number of rotatable bonds is 8. The third-order valence-corrected chi connectivity index (χ3v) is 4.78. The van der Waals surface area contributed by atoms with Crippen LogP contribution in [-0.4, -0.2) is 67.2 Å². The van der Waals surface area contributed by atoms with E-state index in [1.54, 1.807) is 0 Å². The monoisotopic (exact) mass is 403 g/mol. The van der Waals surface area contributed by atoms with Crippen molar-refractivity contribution < 1.29 is 9.53 Å². The van der Waals surface area contributed by atoms with E-state index in [1.165, 1.54) is 0 Å². The van der Waals surface area contributed by atoms with Gasteiger partial charge < -0.3 is 19.9 Å². The summed E-state index contributed by atoms with van der Waals surface area (Å²) in [5, 5.41) is 3.47. The third kappa shape index (κ3) is 8.71. The molecule has 1 saturated heterocycles. The topological polar surface area (TPSA) is 70.1 Å². The van der Waals surface area contributed by atoms with Crippen molar-refractivity contribution in [3.63, 3.8) is 0 Å². The molecule has 0 aromatic carbocycles. The number of ether oxygens (including phenoxy) is 1. The first-order valence-electron chi connectivity index (χ1n) is 10.7. The molecule has 0 spiro atoms. The largest absolute Gasteiger partial charge is 0.460 e. The van der Waals surface area contributed by atoms with E-state index in [-0.39, 0.29) is 11.6 Å². The second kappa shape index (κ2) is 11.6. The lowest BCUT2D eigenvalue weighted by Gasteiger charge is -2.37. The zero-order chi connectivity index (χ0) is 21.1. The Morgan fingerprint density at radius 1 is 1.14 bits per heavy atom. The molecule has 1 aromatic heterocycles. The quantitative estimate of drug-likeness (QED) is 0.311. The van der Waals surface area contributed by atoms with Crippen LogP contribution >= 0.6 is 0 Å². The van der Waals surface area contributed by atoms with Crippen LogP contribution in [0.3, 0.4) is 0 Å². The van der Waals surface area contributed by atoms with Crippen LogP contribution in [0, 0.1) is 0 Å². The lowest BCUT2D eigenvalue weighted by atomic mass is 10.1. The Kier molecular flexibility index (Phi) is 9.22. The second-order valence-corrected chi connectivity index (χ2v) is 8.39. The fourth-order valence-corrected chi connectivity index (χ4v) is 3.36. The Hall–Kier alpha value is -2.31. The van der Waals surface area contributed by atoms with E-state index in [0.29, 0.717) is 6.42 Å². The number of carbonyl (C=O) groups is 1. The third-order valence-electron chi connectivity index (χ3n) is 4.78. The fraction of sp³-hybridized carbons (Fsp3) is 0.682. The van der Waals surface area contributed by atoms with Gasteiger partial charge in [-0.3, -0.25) is 9.79 Å². The average Bonchev–Trinajstić information content (AvgIpc) is 2.70. The first-order chi connectivity index (χ1) is 13.9. The minimum atomic E-state index is -0.389. The number of guanidine groups is 1. The maximum Gasteiger partial charge on any atom is 0.306 e. The van der Waals surface area contributed by atoms with Crippen LogP contribution in [0.2, 0.25) is 0 Å². The minimum Gasteiger partial charge on any atom is -0.460 e. The summed E-state index contributed by atoms with van der Waals surface area (Å²) < 4.78 is 5.33. The highest BCUT2D eigenvalue weighted by Crippen LogP contribution is 2.13. The van der Waals surface area contributed by atoms with Crippen molar-refractivity contribution in [2.75, 3.05) is 44.7 Å². The normalized spacial score (nSPS) is 15.4. The molecule has 0 atom stereocenters. The Morgan fingerprint density at radius 3 is 2.48 bits per heavy atom. The number of nitrogens with zero attached hydrogens (tertiary/aromatic N) is 4. The number of piperazine rings is 1. The fourth-order valence-electron chi connectivity index (χ4n) is 3.36. The van der Waals surface area contributed by atoms with E-state index in [0.717, 1.165) is 70.2 Å². The van der Waals surface area contributed by atoms with Crippen molar-refractivity contribution in [3.8, 4) is 0 Å². The standard InChI is InChI=1S/C22H37N5O2/c1-22(2,3)29-20(28)12-7-5-6-9-14-25-21(23-4)27-17-15-26(16-18-27)19-11-8-10-13-24-19/h8,10-11,13H,5-7,9,12,14-18H2,1-4H3,(H,23,25). The van der Waals surface area contributed by atoms with Gasteiger partial charge in [-0.05, 0) is 45.7 Å². The van der Waals surface area contributed by atoms with Crippen molar-refractivity contribution in [3.05, 3.63) is 24.4 Å². The molecule has 0 aliphatic carbocycles. The van der Waals surface area contributed by atoms with Gasteiger partial charge in [-0.25, -0.2) is 4.98 Å². The number of aromatic nitrogens is 1. The molecule has 2 rings (SSSR count). The van der Waals surface area contributed by atoms with Crippen LogP contribution in [0.4, 0.5) is 5.82 Å². The molecule has 0 unspecified atom stereocenters. The number of aliphatic imine (C=N–C) groups is 1. The maximum absolute atomic E-state index is 11.7. The van der Waals surface area contributed by atoms with Crippen LogP contribution in [0.15, 0.2) is 29.4 Å². The number of carbonyl (C=O) groups excluding carboxylic acids is 1. The van der Waals surface area contributed by atoms with E-state index < -0.39 is 0 Å². The van der Waals surface area contributed by atoms with Gasteiger partial charge in [-0.2, -0.15) is 0 Å². The Bertz CT molecular complexity index is 634. The summed E-state index contributed by atoms with van der Waals surface area (Å²) in [5.41, 5.74) is -0.389. The average molecular weight is 404 g/mol. The molecule has 2 heterocycles. The minimum absolute atomic E-state index is 0.0964. The predicted octanol–water partition coefficient (Wildman–Crippen LogP) is 3.07. The Balaban J connectivity index is 1.57. The smallest absolute Gasteiger partial charge is 0.306 e. The first-order valence-corrected chi connectivity index (χ1v) is 10.7. The van der Waals surface area contributed by atoms with E-state index in [9.17, 15) is 4.79 Å². The number of anilines is 1. The van der Waals surface area contributed by atoms with Gasteiger partial charge in [0, 0.05) is 52.4 Å². The van der Waals surface area contributed by atoms with Gasteiger partial charge in [0.25, 0.3) is 0 Å². The molecule has 0 radical (unpaired) electrons. The van der Waals surface area contributed by atoms with Crippen LogP contribution in [0.1, 0.15) is 52.9 Å². The molecule has 7 heteroatoms. The SMILES string of the molecule is CN=C(NCCCCCCC(=O)OC(C)(C)C)N1CCN(c2ccccn2)CC1. The number of unbranched alkanes of at least 4 members (excludes halogenated alkanes) is 3. The molecule has 1 aliphatic heterocycles. The van der Waals surface area contributed by atoms with Crippen LogP contribution in [0.5, 0.6) is 0 Å². The number of hydrogen-bond donors (Lipinski definition) is 1. The van der Waals surface area contributed by atoms with Gasteiger partial charge in [-0.1, -0.05) is 18.9 Å². The van der Waals surface area contributed by atoms with Gasteiger partial charge in [0.15, 0.2) is 5.96 Å². The summed E-state index contributed by atoms with van der Waals surface area (Å²) in [5.74, 6) is 1.92. The molecular weight excluding hydrogens is 366 g/mol. The molecule has 1 fully saturated rings. The number of esters is 1. The summed E-state index contributed by atoms with van der Waals surface area (Å²) in [4.78, 5) is 25.2. The highest BCUT2D eigenvalue weighted by Gasteiger charge is 2.20. The second-order valence-electron chi connectivity index (χ2n) is 8.39. The number of pyridine rings is 1. The van der Waals surface area contributed by atoms with E-state index >= 15 is 0 Å². The summed E-state index contributed by atoms with van der Waals surface area (Å²) in [6.45, 7) is 10.4. The van der Waals surface area contributed by atoms with Crippen LogP contribution < -0.4 is 10.2 Å². The van der Waals surface area contributed by atoms with Crippen LogP contribution in [0.25, 0.3) is 0 Å². The van der Waals surface area contributed by atoms with Gasteiger partial charge in [0.2, 0.25) is 0 Å². The molecule has 162 valence electrons. The summed E-state index contributed by atoms with van der Waals surface area (Å²) >= 11 is 0. The summed E-state index contributed by atoms with van der Waals surface area (Å²) in [6, 6.07) is 6.04. The van der Waals surface area contributed by atoms with Crippen molar-refractivity contribution in [1.82, 2.24) is 15.2 Å². The first kappa shape index (κ1) is 23.0. The molecule has 29 heavy (non-hydrogen) atoms. The van der Waals surface area contributed by atoms with Gasteiger partial charge in [-0.15, -0.1) is 0 Å². The highest BCUT2D eigenvalue weighted by atomic mass is 16.6. The number of hydrogen-bond acceptors (Lipinski definition) is 5. The maximum atomic E-state index is 11.7. The van der Waals surface area contributed by atoms with Gasteiger partial charge in [0.05, 0.1) is 0 Å². The van der Waals surface area contributed by atoms with Crippen molar-refractivity contribution in [1.29, 1.82) is 0 Å². The Labute approximate surface area is 175 Å². The molecule has 0 amide bonds. The molecule has 1 aromatic rings. The zero-order valence-corrected chi connectivity index (χ0v) is 18.5. The number of nitrogens with one attached hydrogen (secondary N) is 1. The molecule has 7 nitrogen and oxygen atoms in total.